The highest BCUT2D eigenvalue weighted by atomic mass is 16.3. The van der Waals surface area contributed by atoms with E-state index in [9.17, 15) is 4.79 Å². The van der Waals surface area contributed by atoms with E-state index in [1.165, 1.54) is 0 Å². The second-order valence-electron chi connectivity index (χ2n) is 5.93. The van der Waals surface area contributed by atoms with Gasteiger partial charge in [0, 0.05) is 29.9 Å². The monoisotopic (exact) mass is 335 g/mol. The molecule has 128 valence electrons. The largest absolute Gasteiger partial charge is 0.396 e. The number of aliphatic hydroxyl groups excluding tert-OH is 1. The molecule has 0 atom stereocenters. The van der Waals surface area contributed by atoms with Crippen molar-refractivity contribution >= 4 is 11.6 Å². The van der Waals surface area contributed by atoms with E-state index < -0.39 is 0 Å². The summed E-state index contributed by atoms with van der Waals surface area (Å²) >= 11 is 0. The predicted molar refractivity (Wildman–Crippen MR) is 98.2 cm³/mol. The van der Waals surface area contributed by atoms with Crippen molar-refractivity contribution in [2.24, 2.45) is 0 Å². The van der Waals surface area contributed by atoms with Gasteiger partial charge in [-0.2, -0.15) is 0 Å². The number of anilines is 1. The number of carbonyl (C=O) groups is 1. The third kappa shape index (κ3) is 3.61. The van der Waals surface area contributed by atoms with Crippen molar-refractivity contribution in [3.8, 4) is 5.82 Å². The van der Waals surface area contributed by atoms with Gasteiger partial charge >= 0.3 is 0 Å². The van der Waals surface area contributed by atoms with E-state index in [0.29, 0.717) is 12.0 Å². The van der Waals surface area contributed by atoms with E-state index in [4.69, 9.17) is 5.11 Å². The van der Waals surface area contributed by atoms with Crippen LogP contribution in [0, 0.1) is 13.8 Å². The van der Waals surface area contributed by atoms with E-state index in [-0.39, 0.29) is 12.5 Å². The summed E-state index contributed by atoms with van der Waals surface area (Å²) in [6.07, 6.45) is 2.35. The molecule has 2 aromatic heterocycles. The van der Waals surface area contributed by atoms with Crippen LogP contribution in [0.1, 0.15) is 27.3 Å². The Kier molecular flexibility index (Phi) is 4.95. The smallest absolute Gasteiger partial charge is 0.257 e. The van der Waals surface area contributed by atoms with Gasteiger partial charge in [-0.25, -0.2) is 4.98 Å². The number of aryl methyl sites for hydroxylation is 1. The number of pyridine rings is 1. The molecule has 0 saturated carbocycles. The number of rotatable bonds is 5. The standard InChI is InChI=1S/C20H21N3O2/c1-14-13-18(15(2)23(14)19-5-3-4-11-21-19)20(25)22-17-8-6-16(7-9-17)10-12-24/h3-9,11,13,24H,10,12H2,1-2H3,(H,22,25). The van der Waals surface area contributed by atoms with Crippen LogP contribution in [0.2, 0.25) is 0 Å². The molecule has 2 N–H and O–H groups in total. The van der Waals surface area contributed by atoms with Crippen molar-refractivity contribution in [1.82, 2.24) is 9.55 Å². The molecule has 0 radical (unpaired) electrons. The molecule has 3 aromatic rings. The highest BCUT2D eigenvalue weighted by Crippen LogP contribution is 2.21. The Morgan fingerprint density at radius 2 is 1.92 bits per heavy atom. The van der Waals surface area contributed by atoms with Gasteiger partial charge in [-0.05, 0) is 56.2 Å². The fourth-order valence-electron chi connectivity index (χ4n) is 2.91. The van der Waals surface area contributed by atoms with Crippen LogP contribution in [0.4, 0.5) is 5.69 Å². The van der Waals surface area contributed by atoms with Crippen molar-refractivity contribution < 1.29 is 9.90 Å². The fraction of sp³-hybridized carbons (Fsp3) is 0.200. The number of hydrogen-bond donors (Lipinski definition) is 2. The number of aliphatic hydroxyl groups is 1. The van der Waals surface area contributed by atoms with Crippen molar-refractivity contribution in [2.75, 3.05) is 11.9 Å². The van der Waals surface area contributed by atoms with Crippen molar-refractivity contribution in [3.05, 3.63) is 77.2 Å². The highest BCUT2D eigenvalue weighted by molar-refractivity contribution is 6.05. The van der Waals surface area contributed by atoms with Gasteiger partial charge in [0.15, 0.2) is 0 Å². The minimum absolute atomic E-state index is 0.116. The van der Waals surface area contributed by atoms with Gasteiger partial charge in [0.2, 0.25) is 0 Å². The average molecular weight is 335 g/mol. The molecule has 0 aliphatic carbocycles. The third-order valence-corrected chi connectivity index (χ3v) is 4.17. The van der Waals surface area contributed by atoms with Gasteiger partial charge < -0.3 is 15.0 Å². The minimum Gasteiger partial charge on any atom is -0.396 e. The summed E-state index contributed by atoms with van der Waals surface area (Å²) in [6, 6.07) is 15.1. The predicted octanol–water partition coefficient (Wildman–Crippen LogP) is 3.28. The molecule has 1 amide bonds. The number of benzene rings is 1. The summed E-state index contributed by atoms with van der Waals surface area (Å²) in [5, 5.41) is 11.9. The van der Waals surface area contributed by atoms with Crippen molar-refractivity contribution in [3.63, 3.8) is 0 Å². The fourth-order valence-corrected chi connectivity index (χ4v) is 2.91. The Morgan fingerprint density at radius 3 is 2.56 bits per heavy atom. The van der Waals surface area contributed by atoms with E-state index >= 15 is 0 Å². The van der Waals surface area contributed by atoms with Gasteiger partial charge in [-0.15, -0.1) is 0 Å². The zero-order chi connectivity index (χ0) is 17.8. The second kappa shape index (κ2) is 7.32. The molecular weight excluding hydrogens is 314 g/mol. The van der Waals surface area contributed by atoms with E-state index in [1.54, 1.807) is 6.20 Å². The summed E-state index contributed by atoms with van der Waals surface area (Å²) < 4.78 is 1.97. The molecule has 0 aliphatic heterocycles. The Bertz CT molecular complexity index is 868. The number of nitrogens with zero attached hydrogens (tertiary/aromatic N) is 2. The minimum atomic E-state index is -0.148. The first-order valence-electron chi connectivity index (χ1n) is 8.21. The molecular formula is C20H21N3O2. The maximum Gasteiger partial charge on any atom is 0.257 e. The van der Waals surface area contributed by atoms with Crippen LogP contribution in [-0.4, -0.2) is 27.2 Å². The Labute approximate surface area is 147 Å². The number of aromatic nitrogens is 2. The number of nitrogens with one attached hydrogen (secondary N) is 1. The van der Waals surface area contributed by atoms with Crippen molar-refractivity contribution in [2.45, 2.75) is 20.3 Å². The van der Waals surface area contributed by atoms with Crippen LogP contribution in [0.15, 0.2) is 54.7 Å². The Balaban J connectivity index is 1.83. The Hall–Kier alpha value is -2.92. The molecule has 0 bridgehead atoms. The van der Waals surface area contributed by atoms with Crippen LogP contribution in [0.5, 0.6) is 0 Å². The van der Waals surface area contributed by atoms with Gasteiger partial charge in [0.25, 0.3) is 5.91 Å². The van der Waals surface area contributed by atoms with E-state index in [1.807, 2.05) is 66.9 Å². The van der Waals surface area contributed by atoms with Crippen LogP contribution < -0.4 is 5.32 Å². The highest BCUT2D eigenvalue weighted by Gasteiger charge is 2.17. The average Bonchev–Trinajstić information content (AvgIpc) is 2.92. The molecule has 5 nitrogen and oxygen atoms in total. The quantitative estimate of drug-likeness (QED) is 0.752. The first kappa shape index (κ1) is 16.9. The molecule has 1 aromatic carbocycles. The summed E-state index contributed by atoms with van der Waals surface area (Å²) in [6.45, 7) is 3.99. The van der Waals surface area contributed by atoms with Crippen LogP contribution in [0.25, 0.3) is 5.82 Å². The third-order valence-electron chi connectivity index (χ3n) is 4.17. The molecule has 25 heavy (non-hydrogen) atoms. The lowest BCUT2D eigenvalue weighted by Gasteiger charge is -2.09. The molecule has 5 heteroatoms. The summed E-state index contributed by atoms with van der Waals surface area (Å²) in [7, 11) is 0. The maximum atomic E-state index is 12.7. The SMILES string of the molecule is Cc1cc(C(=O)Nc2ccc(CCO)cc2)c(C)n1-c1ccccn1. The van der Waals surface area contributed by atoms with Crippen LogP contribution in [0.3, 0.4) is 0 Å². The molecule has 2 heterocycles. The van der Waals surface area contributed by atoms with Gasteiger partial charge in [0.1, 0.15) is 5.82 Å². The summed E-state index contributed by atoms with van der Waals surface area (Å²) in [5.74, 6) is 0.648. The van der Waals surface area contributed by atoms with Crippen molar-refractivity contribution in [1.29, 1.82) is 0 Å². The first-order chi connectivity index (χ1) is 12.1. The van der Waals surface area contributed by atoms with E-state index in [0.717, 1.165) is 28.5 Å². The topological polar surface area (TPSA) is 67.2 Å². The maximum absolute atomic E-state index is 12.7. The van der Waals surface area contributed by atoms with Crippen LogP contribution >= 0.6 is 0 Å². The number of hydrogen-bond acceptors (Lipinski definition) is 3. The molecule has 3 rings (SSSR count). The normalized spacial score (nSPS) is 10.7. The molecule has 0 fully saturated rings. The second-order valence-corrected chi connectivity index (χ2v) is 5.93. The lowest BCUT2D eigenvalue weighted by Crippen LogP contribution is -2.13. The lowest BCUT2D eigenvalue weighted by molar-refractivity contribution is 0.102. The van der Waals surface area contributed by atoms with E-state index in [2.05, 4.69) is 10.3 Å². The zero-order valence-electron chi connectivity index (χ0n) is 14.4. The molecule has 0 spiro atoms. The number of amides is 1. The molecule has 0 saturated heterocycles. The zero-order valence-corrected chi connectivity index (χ0v) is 14.4. The lowest BCUT2D eigenvalue weighted by atomic mass is 10.1. The van der Waals surface area contributed by atoms with Crippen LogP contribution in [-0.2, 0) is 6.42 Å². The molecule has 0 unspecified atom stereocenters. The first-order valence-corrected chi connectivity index (χ1v) is 8.21. The molecule has 0 aliphatic rings. The van der Waals surface area contributed by atoms with Gasteiger partial charge in [-0.3, -0.25) is 4.79 Å². The number of carbonyl (C=O) groups excluding carboxylic acids is 1. The summed E-state index contributed by atoms with van der Waals surface area (Å²) in [4.78, 5) is 17.0. The van der Waals surface area contributed by atoms with Gasteiger partial charge in [-0.1, -0.05) is 18.2 Å². The van der Waals surface area contributed by atoms with Gasteiger partial charge in [0.05, 0.1) is 5.56 Å². The summed E-state index contributed by atoms with van der Waals surface area (Å²) in [5.41, 5.74) is 4.20. The Morgan fingerprint density at radius 1 is 1.16 bits per heavy atom.